The summed E-state index contributed by atoms with van der Waals surface area (Å²) in [4.78, 5) is 55.2. The lowest BCUT2D eigenvalue weighted by atomic mass is 9.92. The molecular formula is C47H40Cl2N4O9. The van der Waals surface area contributed by atoms with Gasteiger partial charge in [-0.15, -0.1) is 0 Å². The number of rotatable bonds is 11. The molecule has 8 rings (SSSR count). The predicted octanol–water partition coefficient (Wildman–Crippen LogP) is 7.77. The van der Waals surface area contributed by atoms with Crippen LogP contribution < -0.4 is 20.1 Å². The Morgan fingerprint density at radius 3 is 2.27 bits per heavy atom. The number of nitriles is 1. The topological polar surface area (TPSA) is 188 Å². The van der Waals surface area contributed by atoms with Crippen LogP contribution in [-0.2, 0) is 45.1 Å². The van der Waals surface area contributed by atoms with E-state index in [1.54, 1.807) is 72.8 Å². The van der Waals surface area contributed by atoms with Gasteiger partial charge in [0.2, 0.25) is 12.0 Å². The highest BCUT2D eigenvalue weighted by Crippen LogP contribution is 2.40. The van der Waals surface area contributed by atoms with E-state index in [9.17, 15) is 29.4 Å². The molecule has 5 aromatic rings. The number of aliphatic hydroxyl groups is 1. The quantitative estimate of drug-likeness (QED) is 0.102. The minimum absolute atomic E-state index is 0.00848. The van der Waals surface area contributed by atoms with Gasteiger partial charge in [-0.25, -0.2) is 9.59 Å². The Hall–Kier alpha value is -6.59. The number of carboxylic acid groups (broad SMARTS) is 1. The van der Waals surface area contributed by atoms with Crippen molar-refractivity contribution in [3.05, 3.63) is 147 Å². The second kappa shape index (κ2) is 18.2. The van der Waals surface area contributed by atoms with Gasteiger partial charge >= 0.3 is 12.1 Å². The van der Waals surface area contributed by atoms with Gasteiger partial charge in [0.05, 0.1) is 40.0 Å². The number of ether oxygens (including phenoxy) is 3. The maximum Gasteiger partial charge on any atom is 0.411 e. The molecule has 3 aliphatic rings. The van der Waals surface area contributed by atoms with Crippen molar-refractivity contribution in [2.75, 3.05) is 5.32 Å². The van der Waals surface area contributed by atoms with Crippen molar-refractivity contribution in [2.24, 2.45) is 0 Å². The number of fused-ring (bicyclic) bond motifs is 2. The normalized spacial score (nSPS) is 19.5. The first-order chi connectivity index (χ1) is 29.9. The van der Waals surface area contributed by atoms with Crippen LogP contribution >= 0.6 is 23.2 Å². The molecule has 1 fully saturated rings. The maximum absolute atomic E-state index is 14.1. The van der Waals surface area contributed by atoms with Gasteiger partial charge in [-0.3, -0.25) is 14.5 Å². The molecule has 1 aliphatic carbocycles. The van der Waals surface area contributed by atoms with Crippen molar-refractivity contribution in [1.82, 2.24) is 10.2 Å². The van der Waals surface area contributed by atoms with Crippen molar-refractivity contribution >= 4 is 52.8 Å². The Balaban J connectivity index is 0.980. The van der Waals surface area contributed by atoms with Crippen LogP contribution in [0.15, 0.2) is 103 Å². The second-order valence-corrected chi connectivity index (χ2v) is 16.3. The summed E-state index contributed by atoms with van der Waals surface area (Å²) in [5.74, 6) is -1.44. The molecule has 13 nitrogen and oxygen atoms in total. The first-order valence-electron chi connectivity index (χ1n) is 20.0. The summed E-state index contributed by atoms with van der Waals surface area (Å²) in [7, 11) is 0. The molecule has 0 radical (unpaired) electrons. The molecule has 316 valence electrons. The molecule has 4 unspecified atom stereocenters. The number of carboxylic acids is 1. The molecule has 15 heteroatoms. The average Bonchev–Trinajstić information content (AvgIpc) is 3.69. The lowest BCUT2D eigenvalue weighted by Gasteiger charge is -2.37. The number of amides is 3. The van der Waals surface area contributed by atoms with E-state index >= 15 is 0 Å². The molecule has 2 aliphatic heterocycles. The third-order valence-electron chi connectivity index (χ3n) is 11.3. The zero-order valence-electron chi connectivity index (χ0n) is 33.1. The summed E-state index contributed by atoms with van der Waals surface area (Å²) in [6.45, 7) is 0.179. The lowest BCUT2D eigenvalue weighted by Crippen LogP contribution is -2.56. The summed E-state index contributed by atoms with van der Waals surface area (Å²) in [6, 6.07) is 29.5. The SMILES string of the molecule is N#Cc1ccc(-c2ccc(C[C@H](NC(=O)C3Cc4cc5c(cc4CN3C(=O)OC3CCC(O)C3)OC(c3ccc(OCc4ccc(Cl)c(Cl)c4)cc3)C(=O)N5)C(=O)O)cc2)cc1. The Bertz CT molecular complexity index is 2560. The summed E-state index contributed by atoms with van der Waals surface area (Å²) in [5, 5.41) is 35.9. The average molecular weight is 876 g/mol. The highest BCUT2D eigenvalue weighted by Gasteiger charge is 2.40. The Morgan fingerprint density at radius 2 is 1.61 bits per heavy atom. The van der Waals surface area contributed by atoms with E-state index in [1.807, 2.05) is 30.3 Å². The highest BCUT2D eigenvalue weighted by molar-refractivity contribution is 6.42. The highest BCUT2D eigenvalue weighted by atomic mass is 35.5. The summed E-state index contributed by atoms with van der Waals surface area (Å²) in [6.07, 6.45) is -1.75. The van der Waals surface area contributed by atoms with Crippen LogP contribution in [0, 0.1) is 11.3 Å². The van der Waals surface area contributed by atoms with E-state index < -0.39 is 54.3 Å². The van der Waals surface area contributed by atoms with Gasteiger partial charge in [0.25, 0.3) is 5.91 Å². The number of hydrogen-bond donors (Lipinski definition) is 4. The fourth-order valence-electron chi connectivity index (χ4n) is 7.88. The fraction of sp³-hybridized carbons (Fsp3) is 0.255. The third-order valence-corrected chi connectivity index (χ3v) is 12.0. The molecule has 0 bridgehead atoms. The van der Waals surface area contributed by atoms with E-state index in [4.69, 9.17) is 42.7 Å². The molecule has 4 N–H and O–H groups in total. The third kappa shape index (κ3) is 9.48. The molecular weight excluding hydrogens is 835 g/mol. The van der Waals surface area contributed by atoms with Gasteiger partial charge in [-0.1, -0.05) is 77.8 Å². The van der Waals surface area contributed by atoms with Gasteiger partial charge in [0, 0.05) is 24.8 Å². The molecule has 1 saturated carbocycles. The Morgan fingerprint density at radius 1 is 0.903 bits per heavy atom. The number of carbonyl (C=O) groups is 4. The zero-order chi connectivity index (χ0) is 43.5. The monoisotopic (exact) mass is 874 g/mol. The molecule has 5 atom stereocenters. The standard InChI is InChI=1S/C47H40Cl2N4O9/c48-37-16-5-28(17-38(37)49)25-60-35-13-10-31(11-14-35)43-45(56)51-39-19-32-20-41(53(24-33(32)21-42(39)62-43)47(59)61-36-15-12-34(54)22-36)44(55)52-40(46(57)58)18-26-1-6-29(7-2-26)30-8-3-27(23-50)4-9-30/h1-11,13-14,16-17,19,21,34,36,40-41,43,54H,12,15,18,20,22,24-25H2,(H,51,56)(H,52,55)(H,57,58)/t34?,36?,40-,41?,43?/m0/s1. The van der Waals surface area contributed by atoms with Crippen LogP contribution in [0.4, 0.5) is 10.5 Å². The van der Waals surface area contributed by atoms with Crippen LogP contribution in [0.3, 0.4) is 0 Å². The van der Waals surface area contributed by atoms with Crippen LogP contribution in [0.2, 0.25) is 10.0 Å². The minimum Gasteiger partial charge on any atom is -0.489 e. The van der Waals surface area contributed by atoms with Crippen LogP contribution in [0.5, 0.6) is 11.5 Å². The van der Waals surface area contributed by atoms with Crippen molar-refractivity contribution in [1.29, 1.82) is 5.26 Å². The number of nitrogens with zero attached hydrogens (tertiary/aromatic N) is 2. The molecule has 2 heterocycles. The first-order valence-corrected chi connectivity index (χ1v) is 20.7. The van der Waals surface area contributed by atoms with Crippen LogP contribution in [0.25, 0.3) is 11.1 Å². The van der Waals surface area contributed by atoms with Crippen LogP contribution in [-0.4, -0.2) is 63.3 Å². The molecule has 0 saturated heterocycles. The number of aliphatic carboxylic acids is 1. The van der Waals surface area contributed by atoms with Gasteiger partial charge in [0.15, 0.2) is 0 Å². The largest absolute Gasteiger partial charge is 0.489 e. The van der Waals surface area contributed by atoms with E-state index in [0.29, 0.717) is 67.9 Å². The summed E-state index contributed by atoms with van der Waals surface area (Å²) >= 11 is 12.1. The second-order valence-electron chi connectivity index (χ2n) is 15.5. The number of benzene rings is 5. The summed E-state index contributed by atoms with van der Waals surface area (Å²) in [5.41, 5.74) is 6.04. The fourth-order valence-corrected chi connectivity index (χ4v) is 8.20. The number of hydrogen-bond acceptors (Lipinski definition) is 9. The molecule has 5 aromatic carbocycles. The maximum atomic E-state index is 14.1. The first kappa shape index (κ1) is 42.1. The summed E-state index contributed by atoms with van der Waals surface area (Å²) < 4.78 is 17.9. The van der Waals surface area contributed by atoms with Gasteiger partial charge in [0.1, 0.15) is 36.3 Å². The molecule has 62 heavy (non-hydrogen) atoms. The molecule has 3 amide bonds. The lowest BCUT2D eigenvalue weighted by molar-refractivity contribution is -0.142. The van der Waals surface area contributed by atoms with E-state index in [2.05, 4.69) is 16.7 Å². The van der Waals surface area contributed by atoms with E-state index in [1.165, 1.54) is 4.90 Å². The van der Waals surface area contributed by atoms with Crippen molar-refractivity contribution in [3.63, 3.8) is 0 Å². The number of aliphatic hydroxyl groups excluding tert-OH is 1. The smallest absolute Gasteiger partial charge is 0.411 e. The van der Waals surface area contributed by atoms with Gasteiger partial charge in [-0.05, 0) is 94.8 Å². The van der Waals surface area contributed by atoms with Crippen molar-refractivity contribution in [3.8, 4) is 28.7 Å². The van der Waals surface area contributed by atoms with Gasteiger partial charge in [-0.2, -0.15) is 5.26 Å². The molecule has 0 spiro atoms. The number of carbonyl (C=O) groups excluding carboxylic acids is 3. The predicted molar refractivity (Wildman–Crippen MR) is 229 cm³/mol. The minimum atomic E-state index is -1.33. The number of anilines is 1. The number of nitrogens with one attached hydrogen (secondary N) is 2. The van der Waals surface area contributed by atoms with E-state index in [-0.39, 0.29) is 32.4 Å². The Labute approximate surface area is 366 Å². The number of halogens is 2. The van der Waals surface area contributed by atoms with Crippen LogP contribution in [0.1, 0.15) is 58.7 Å². The van der Waals surface area contributed by atoms with Crippen molar-refractivity contribution < 1.29 is 43.6 Å². The van der Waals surface area contributed by atoms with E-state index in [0.717, 1.165) is 16.7 Å². The Kier molecular flexibility index (Phi) is 12.3. The van der Waals surface area contributed by atoms with Crippen molar-refractivity contribution in [2.45, 2.75) is 75.7 Å². The zero-order valence-corrected chi connectivity index (χ0v) is 34.6. The molecule has 0 aromatic heterocycles. The van der Waals surface area contributed by atoms with Gasteiger partial charge < -0.3 is 35.1 Å².